The highest BCUT2D eigenvalue weighted by Crippen LogP contribution is 2.22. The van der Waals surface area contributed by atoms with Crippen LogP contribution in [0.4, 0.5) is 0 Å². The molecule has 6 heteroatoms. The normalized spacial score (nSPS) is 11.9. The molecule has 0 fully saturated rings. The van der Waals surface area contributed by atoms with Crippen molar-refractivity contribution in [2.24, 2.45) is 12.1 Å². The lowest BCUT2D eigenvalue weighted by molar-refractivity contribution is 0.0953. The van der Waals surface area contributed by atoms with E-state index in [2.05, 4.69) is 43.4 Å². The predicted octanol–water partition coefficient (Wildman–Crippen LogP) is 4.45. The smallest absolute Gasteiger partial charge is 0.276 e. The molecule has 33 heavy (non-hydrogen) atoms. The van der Waals surface area contributed by atoms with Gasteiger partial charge in [-0.05, 0) is 34.7 Å². The average Bonchev–Trinajstić information content (AvgIpc) is 3.11. The first-order chi connectivity index (χ1) is 15.7. The Morgan fingerprint density at radius 3 is 2.48 bits per heavy atom. The van der Waals surface area contributed by atoms with Crippen molar-refractivity contribution < 1.29 is 4.79 Å². The fraction of sp³-hybridized carbons (Fsp3) is 0.222. The summed E-state index contributed by atoms with van der Waals surface area (Å²) in [7, 11) is 1.96. The van der Waals surface area contributed by atoms with Gasteiger partial charge in [0.15, 0.2) is 0 Å². The lowest BCUT2D eigenvalue weighted by atomic mass is 9.87. The first-order valence-electron chi connectivity index (χ1n) is 10.9. The maximum atomic E-state index is 12.9. The SMILES string of the molecule is Cn1cc(/C=N\NC(=O)c2cccn(Cc3ccc(C(C)(C)C)cc3)c2=O)c2ccccc21. The Morgan fingerprint density at radius 2 is 1.76 bits per heavy atom. The van der Waals surface area contributed by atoms with Gasteiger partial charge in [0.05, 0.1) is 12.8 Å². The van der Waals surface area contributed by atoms with Gasteiger partial charge in [-0.3, -0.25) is 9.59 Å². The molecule has 0 aliphatic rings. The Labute approximate surface area is 193 Å². The molecule has 2 aromatic carbocycles. The topological polar surface area (TPSA) is 68.4 Å². The largest absolute Gasteiger partial charge is 0.350 e. The van der Waals surface area contributed by atoms with Crippen molar-refractivity contribution in [1.29, 1.82) is 0 Å². The standard InChI is InChI=1S/C27H28N4O2/c1-27(2,3)21-13-11-19(12-14-21)17-31-15-7-9-23(26(31)33)25(32)29-28-16-20-18-30(4)24-10-6-5-8-22(20)24/h5-16,18H,17H2,1-4H3,(H,29,32)/b28-16-. The number of benzene rings is 2. The van der Waals surface area contributed by atoms with Crippen molar-refractivity contribution >= 4 is 23.0 Å². The van der Waals surface area contributed by atoms with E-state index >= 15 is 0 Å². The Bertz CT molecular complexity index is 1390. The number of aryl methyl sites for hydroxylation is 1. The zero-order valence-electron chi connectivity index (χ0n) is 19.4. The summed E-state index contributed by atoms with van der Waals surface area (Å²) in [5, 5.41) is 5.12. The van der Waals surface area contributed by atoms with E-state index in [0.717, 1.165) is 22.0 Å². The van der Waals surface area contributed by atoms with Crippen LogP contribution >= 0.6 is 0 Å². The van der Waals surface area contributed by atoms with Gasteiger partial charge in [-0.1, -0.05) is 63.2 Å². The van der Waals surface area contributed by atoms with E-state index < -0.39 is 5.91 Å². The van der Waals surface area contributed by atoms with E-state index in [-0.39, 0.29) is 16.5 Å². The van der Waals surface area contributed by atoms with Crippen LogP contribution in [0.5, 0.6) is 0 Å². The van der Waals surface area contributed by atoms with Crippen LogP contribution in [0.1, 0.15) is 47.8 Å². The number of nitrogens with one attached hydrogen (secondary N) is 1. The van der Waals surface area contributed by atoms with Crippen LogP contribution in [0.25, 0.3) is 10.9 Å². The number of rotatable bonds is 5. The average molecular weight is 441 g/mol. The van der Waals surface area contributed by atoms with Crippen LogP contribution in [0.3, 0.4) is 0 Å². The monoisotopic (exact) mass is 440 g/mol. The Kier molecular flexibility index (Phi) is 6.01. The molecule has 2 aromatic heterocycles. The highest BCUT2D eigenvalue weighted by molar-refractivity contribution is 6.00. The molecular formula is C27H28N4O2. The second kappa shape index (κ2) is 8.90. The van der Waals surface area contributed by atoms with Crippen LogP contribution < -0.4 is 11.0 Å². The Hall–Kier alpha value is -3.93. The summed E-state index contributed by atoms with van der Waals surface area (Å²) in [5.41, 5.74) is 6.45. The number of hydrogen-bond donors (Lipinski definition) is 1. The molecule has 4 rings (SSSR count). The molecule has 168 valence electrons. The zero-order chi connectivity index (χ0) is 23.6. The minimum atomic E-state index is -0.533. The van der Waals surface area contributed by atoms with E-state index in [0.29, 0.717) is 6.54 Å². The van der Waals surface area contributed by atoms with Crippen molar-refractivity contribution in [3.63, 3.8) is 0 Å². The Balaban J connectivity index is 1.49. The van der Waals surface area contributed by atoms with Crippen LogP contribution in [-0.4, -0.2) is 21.3 Å². The van der Waals surface area contributed by atoms with Crippen LogP contribution in [0.2, 0.25) is 0 Å². The van der Waals surface area contributed by atoms with Crippen LogP contribution in [-0.2, 0) is 19.0 Å². The lowest BCUT2D eigenvalue weighted by Gasteiger charge is -2.19. The number of pyridine rings is 1. The summed E-state index contributed by atoms with van der Waals surface area (Å²) in [4.78, 5) is 25.5. The number of carbonyl (C=O) groups is 1. The highest BCUT2D eigenvalue weighted by Gasteiger charge is 2.14. The number of hydrazone groups is 1. The summed E-state index contributed by atoms with van der Waals surface area (Å²) in [6.45, 7) is 6.88. The molecular weight excluding hydrogens is 412 g/mol. The fourth-order valence-corrected chi connectivity index (χ4v) is 3.84. The molecule has 0 aliphatic heterocycles. The van der Waals surface area contributed by atoms with Gasteiger partial charge in [0, 0.05) is 35.9 Å². The summed E-state index contributed by atoms with van der Waals surface area (Å²) in [6, 6.07) is 19.4. The van der Waals surface area contributed by atoms with Gasteiger partial charge in [0.1, 0.15) is 5.56 Å². The lowest BCUT2D eigenvalue weighted by Crippen LogP contribution is -2.30. The molecule has 4 aromatic rings. The fourth-order valence-electron chi connectivity index (χ4n) is 3.84. The third kappa shape index (κ3) is 4.80. The van der Waals surface area contributed by atoms with Crippen molar-refractivity contribution in [3.8, 4) is 0 Å². The molecule has 0 saturated heterocycles. The molecule has 0 bridgehead atoms. The first-order valence-corrected chi connectivity index (χ1v) is 10.9. The minimum absolute atomic E-state index is 0.0545. The summed E-state index contributed by atoms with van der Waals surface area (Å²) in [6.07, 6.45) is 5.23. The Morgan fingerprint density at radius 1 is 1.03 bits per heavy atom. The molecule has 0 aliphatic carbocycles. The molecule has 1 amide bonds. The third-order valence-electron chi connectivity index (χ3n) is 5.74. The minimum Gasteiger partial charge on any atom is -0.350 e. The number of para-hydroxylation sites is 1. The molecule has 0 spiro atoms. The maximum absolute atomic E-state index is 12.9. The zero-order valence-corrected chi connectivity index (χ0v) is 19.4. The van der Waals surface area contributed by atoms with E-state index in [1.54, 1.807) is 18.5 Å². The van der Waals surface area contributed by atoms with Gasteiger partial charge in [0.25, 0.3) is 11.5 Å². The van der Waals surface area contributed by atoms with Crippen molar-refractivity contribution in [1.82, 2.24) is 14.6 Å². The maximum Gasteiger partial charge on any atom is 0.276 e. The number of hydrogen-bond acceptors (Lipinski definition) is 3. The van der Waals surface area contributed by atoms with Gasteiger partial charge < -0.3 is 9.13 Å². The van der Waals surface area contributed by atoms with E-state index in [1.165, 1.54) is 16.2 Å². The molecule has 0 saturated carbocycles. The van der Waals surface area contributed by atoms with Crippen molar-refractivity contribution in [2.75, 3.05) is 0 Å². The van der Waals surface area contributed by atoms with E-state index in [1.807, 2.05) is 54.2 Å². The van der Waals surface area contributed by atoms with Crippen molar-refractivity contribution in [2.45, 2.75) is 32.7 Å². The van der Waals surface area contributed by atoms with Gasteiger partial charge in [0.2, 0.25) is 0 Å². The van der Waals surface area contributed by atoms with Crippen LogP contribution in [0, 0.1) is 0 Å². The number of amides is 1. The third-order valence-corrected chi connectivity index (χ3v) is 5.74. The highest BCUT2D eigenvalue weighted by atomic mass is 16.2. The second-order valence-electron chi connectivity index (χ2n) is 9.21. The molecule has 0 unspecified atom stereocenters. The van der Waals surface area contributed by atoms with E-state index in [4.69, 9.17) is 0 Å². The summed E-state index contributed by atoms with van der Waals surface area (Å²) < 4.78 is 3.54. The quantitative estimate of drug-likeness (QED) is 0.368. The summed E-state index contributed by atoms with van der Waals surface area (Å²) >= 11 is 0. The number of fused-ring (bicyclic) bond motifs is 1. The van der Waals surface area contributed by atoms with Crippen LogP contribution in [0.15, 0.2) is 83.0 Å². The molecule has 2 heterocycles. The molecule has 6 nitrogen and oxygen atoms in total. The van der Waals surface area contributed by atoms with Gasteiger partial charge >= 0.3 is 0 Å². The van der Waals surface area contributed by atoms with Gasteiger partial charge in [-0.25, -0.2) is 5.43 Å². The first kappa shape index (κ1) is 22.3. The number of nitrogens with zero attached hydrogens (tertiary/aromatic N) is 3. The van der Waals surface area contributed by atoms with Crippen molar-refractivity contribution in [3.05, 3.63) is 106 Å². The summed E-state index contributed by atoms with van der Waals surface area (Å²) in [5.74, 6) is -0.533. The number of aromatic nitrogens is 2. The predicted molar refractivity (Wildman–Crippen MR) is 133 cm³/mol. The van der Waals surface area contributed by atoms with Gasteiger partial charge in [-0.2, -0.15) is 5.10 Å². The van der Waals surface area contributed by atoms with E-state index in [9.17, 15) is 9.59 Å². The molecule has 0 atom stereocenters. The number of carbonyl (C=O) groups excluding carboxylic acids is 1. The molecule has 1 N–H and O–H groups in total. The molecule has 0 radical (unpaired) electrons. The second-order valence-corrected chi connectivity index (χ2v) is 9.21. The van der Waals surface area contributed by atoms with Gasteiger partial charge in [-0.15, -0.1) is 0 Å².